The number of nitrogens with two attached hydrogens (primary N) is 2. The number of rotatable bonds is 4. The molecule has 0 bridgehead atoms. The van der Waals surface area contributed by atoms with Gasteiger partial charge in [-0.05, 0) is 11.5 Å². The van der Waals surface area contributed by atoms with Crippen LogP contribution in [0.3, 0.4) is 0 Å². The van der Waals surface area contributed by atoms with Crippen LogP contribution in [0.15, 0.2) is 21.2 Å². The lowest BCUT2D eigenvalue weighted by Crippen LogP contribution is -2.19. The van der Waals surface area contributed by atoms with Crippen molar-refractivity contribution in [3.63, 3.8) is 0 Å². The molecule has 0 aliphatic carbocycles. The summed E-state index contributed by atoms with van der Waals surface area (Å²) < 4.78 is 0. The van der Waals surface area contributed by atoms with Gasteiger partial charge in [0.15, 0.2) is 0 Å². The van der Waals surface area contributed by atoms with Gasteiger partial charge in [0.1, 0.15) is 11.1 Å². The fourth-order valence-corrected chi connectivity index (χ4v) is 5.06. The van der Waals surface area contributed by atoms with E-state index in [-0.39, 0.29) is 21.2 Å². The first kappa shape index (κ1) is 13.4. The van der Waals surface area contributed by atoms with E-state index in [0.29, 0.717) is 11.5 Å². The molecule has 6 nitrogen and oxygen atoms in total. The molecule has 0 saturated carbocycles. The molecule has 0 radical (unpaired) electrons. The molecule has 96 valence electrons. The smallest absolute Gasteiger partial charge is 0.339 e. The first-order valence-electron chi connectivity index (χ1n) is 5.08. The van der Waals surface area contributed by atoms with Crippen LogP contribution in [0.25, 0.3) is 0 Å². The van der Waals surface area contributed by atoms with Crippen molar-refractivity contribution in [1.29, 1.82) is 0 Å². The first-order valence-corrected chi connectivity index (χ1v) is 7.05. The maximum absolute atomic E-state index is 11.1. The summed E-state index contributed by atoms with van der Waals surface area (Å²) in [6, 6.07) is 0. The molecule has 17 heavy (non-hydrogen) atoms. The maximum atomic E-state index is 11.1. The summed E-state index contributed by atoms with van der Waals surface area (Å²) in [5, 5.41) is 18.4. The standard InChI is InChI=1S/C10H16N2O4S/c1-3-17(4-2)7(11)5(9(13)14)6(8(17)12)10(15)16/h3-4,11-12H2,1-2H3,(H,13,14)(H,15,16). The highest BCUT2D eigenvalue weighted by molar-refractivity contribution is 8.39. The second-order valence-electron chi connectivity index (χ2n) is 3.55. The molecule has 0 unspecified atom stereocenters. The summed E-state index contributed by atoms with van der Waals surface area (Å²) in [5.74, 6) is -1.57. The van der Waals surface area contributed by atoms with E-state index >= 15 is 0 Å². The molecule has 1 aliphatic rings. The number of carboxylic acids is 2. The lowest BCUT2D eigenvalue weighted by molar-refractivity contribution is -0.136. The molecule has 0 fully saturated rings. The van der Waals surface area contributed by atoms with Gasteiger partial charge >= 0.3 is 11.9 Å². The van der Waals surface area contributed by atoms with Gasteiger partial charge in [0.2, 0.25) is 0 Å². The van der Waals surface area contributed by atoms with Crippen LogP contribution in [0.5, 0.6) is 0 Å². The molecule has 1 heterocycles. The molecule has 0 amide bonds. The Morgan fingerprint density at radius 1 is 1.00 bits per heavy atom. The average molecular weight is 260 g/mol. The Bertz CT molecular complexity index is 411. The molecule has 1 rings (SSSR count). The summed E-state index contributed by atoms with van der Waals surface area (Å²) >= 11 is 0. The molecule has 0 saturated heterocycles. The van der Waals surface area contributed by atoms with Crippen LogP contribution in [0.4, 0.5) is 0 Å². The van der Waals surface area contributed by atoms with Crippen molar-refractivity contribution in [2.45, 2.75) is 13.8 Å². The van der Waals surface area contributed by atoms with E-state index in [1.165, 1.54) is 0 Å². The van der Waals surface area contributed by atoms with E-state index < -0.39 is 22.0 Å². The van der Waals surface area contributed by atoms with Gasteiger partial charge in [-0.15, -0.1) is 0 Å². The van der Waals surface area contributed by atoms with Crippen molar-refractivity contribution in [3.8, 4) is 0 Å². The predicted molar refractivity (Wildman–Crippen MR) is 66.4 cm³/mol. The van der Waals surface area contributed by atoms with Gasteiger partial charge in [-0.25, -0.2) is 9.59 Å². The minimum atomic E-state index is -1.83. The third-order valence-electron chi connectivity index (χ3n) is 3.00. The predicted octanol–water partition coefficient (Wildman–Crippen LogP) is 0.354. The molecule has 0 atom stereocenters. The summed E-state index contributed by atoms with van der Waals surface area (Å²) in [6.45, 7) is 3.67. The third kappa shape index (κ3) is 1.66. The third-order valence-corrected chi connectivity index (χ3v) is 7.06. The SMILES string of the molecule is CCS1(CC)C(N)=C(C(=O)O)C(C(=O)O)=C1N. The van der Waals surface area contributed by atoms with Crippen molar-refractivity contribution in [3.05, 3.63) is 21.2 Å². The van der Waals surface area contributed by atoms with Crippen LogP contribution in [0.2, 0.25) is 0 Å². The van der Waals surface area contributed by atoms with Crippen LogP contribution in [-0.2, 0) is 9.59 Å². The van der Waals surface area contributed by atoms with Crippen LogP contribution in [0.1, 0.15) is 13.8 Å². The van der Waals surface area contributed by atoms with Crippen LogP contribution < -0.4 is 11.5 Å². The monoisotopic (exact) mass is 260 g/mol. The fraction of sp³-hybridized carbons (Fsp3) is 0.400. The second kappa shape index (κ2) is 4.33. The second-order valence-corrected chi connectivity index (χ2v) is 7.35. The zero-order valence-corrected chi connectivity index (χ0v) is 10.5. The Morgan fingerprint density at radius 3 is 1.47 bits per heavy atom. The molecule has 0 spiro atoms. The van der Waals surface area contributed by atoms with Gasteiger partial charge in [-0.2, -0.15) is 10.0 Å². The molecular formula is C10H16N2O4S. The average Bonchev–Trinajstić information content (AvgIpc) is 2.48. The van der Waals surface area contributed by atoms with Gasteiger partial charge < -0.3 is 21.7 Å². The number of carboxylic acid groups (broad SMARTS) is 2. The first-order chi connectivity index (χ1) is 7.83. The van der Waals surface area contributed by atoms with Crippen molar-refractivity contribution in [2.75, 3.05) is 11.5 Å². The molecule has 7 heteroatoms. The highest BCUT2D eigenvalue weighted by atomic mass is 32.3. The quantitative estimate of drug-likeness (QED) is 0.578. The summed E-state index contributed by atoms with van der Waals surface area (Å²) in [6.07, 6.45) is 0. The number of hydrogen-bond donors (Lipinski definition) is 4. The topological polar surface area (TPSA) is 127 Å². The molecule has 1 aliphatic heterocycles. The molecule has 0 aromatic heterocycles. The maximum Gasteiger partial charge on any atom is 0.339 e. The van der Waals surface area contributed by atoms with Gasteiger partial charge in [0.25, 0.3) is 0 Å². The highest BCUT2D eigenvalue weighted by Gasteiger charge is 2.43. The van der Waals surface area contributed by atoms with E-state index in [9.17, 15) is 9.59 Å². The Balaban J connectivity index is 3.60. The minimum absolute atomic E-state index is 0.130. The van der Waals surface area contributed by atoms with Crippen LogP contribution >= 0.6 is 10.0 Å². The van der Waals surface area contributed by atoms with Crippen molar-refractivity contribution in [1.82, 2.24) is 0 Å². The van der Waals surface area contributed by atoms with E-state index in [1.54, 1.807) is 0 Å². The van der Waals surface area contributed by atoms with E-state index in [2.05, 4.69) is 0 Å². The van der Waals surface area contributed by atoms with Crippen LogP contribution in [-0.4, -0.2) is 33.7 Å². The Kier molecular flexibility index (Phi) is 3.42. The molecule has 0 aromatic carbocycles. The van der Waals surface area contributed by atoms with E-state index in [4.69, 9.17) is 21.7 Å². The Hall–Kier alpha value is -1.63. The lowest BCUT2D eigenvalue weighted by Gasteiger charge is -2.35. The van der Waals surface area contributed by atoms with Crippen molar-refractivity contribution in [2.24, 2.45) is 11.5 Å². The van der Waals surface area contributed by atoms with Gasteiger partial charge in [-0.3, -0.25) is 0 Å². The van der Waals surface area contributed by atoms with Crippen LogP contribution in [0, 0.1) is 0 Å². The van der Waals surface area contributed by atoms with E-state index in [1.807, 2.05) is 13.8 Å². The normalized spacial score (nSPS) is 20.6. The highest BCUT2D eigenvalue weighted by Crippen LogP contribution is 2.64. The molecule has 6 N–H and O–H groups in total. The zero-order chi connectivity index (χ0) is 13.4. The van der Waals surface area contributed by atoms with Crippen molar-refractivity contribution < 1.29 is 19.8 Å². The lowest BCUT2D eigenvalue weighted by atomic mass is 10.1. The summed E-state index contributed by atoms with van der Waals surface area (Å²) in [5.41, 5.74) is 11.0. The van der Waals surface area contributed by atoms with Gasteiger partial charge in [-0.1, -0.05) is 13.8 Å². The van der Waals surface area contributed by atoms with Gasteiger partial charge in [0, 0.05) is 0 Å². The minimum Gasteiger partial charge on any atom is -0.478 e. The molecule has 0 aromatic rings. The Morgan fingerprint density at radius 2 is 1.29 bits per heavy atom. The number of carbonyl (C=O) groups is 2. The van der Waals surface area contributed by atoms with Crippen molar-refractivity contribution >= 4 is 22.0 Å². The van der Waals surface area contributed by atoms with E-state index in [0.717, 1.165) is 0 Å². The number of hydrogen-bond acceptors (Lipinski definition) is 4. The Labute approximate surface area is 100 Å². The fourth-order valence-electron chi connectivity index (χ4n) is 2.01. The van der Waals surface area contributed by atoms with Gasteiger partial charge in [0.05, 0.1) is 10.1 Å². The molecular weight excluding hydrogens is 244 g/mol. The number of aliphatic carboxylic acids is 2. The summed E-state index contributed by atoms with van der Waals surface area (Å²) in [7, 11) is -1.83. The zero-order valence-electron chi connectivity index (χ0n) is 9.69. The summed E-state index contributed by atoms with van der Waals surface area (Å²) in [4.78, 5) is 22.2. The largest absolute Gasteiger partial charge is 0.478 e.